The Kier molecular flexibility index (Phi) is 3.45. The molecule has 2 N–H and O–H groups in total. The molecule has 0 saturated heterocycles. The second-order valence-corrected chi connectivity index (χ2v) is 5.43. The molecule has 1 amide bonds. The molecule has 0 fully saturated rings. The minimum atomic E-state index is -2.78. The molecule has 1 aliphatic heterocycles. The molecule has 0 radical (unpaired) electrons. The van der Waals surface area contributed by atoms with E-state index in [1.807, 2.05) is 0 Å². The van der Waals surface area contributed by atoms with Crippen molar-refractivity contribution < 1.29 is 18.3 Å². The highest BCUT2D eigenvalue weighted by Crippen LogP contribution is 2.33. The highest BCUT2D eigenvalue weighted by Gasteiger charge is 2.23. The normalized spacial score (nSPS) is 16.5. The maximum Gasteiger partial charge on any atom is 0.299 e. The zero-order chi connectivity index (χ0) is 17.6. The molecule has 0 saturated carbocycles. The molecule has 1 unspecified atom stereocenters. The van der Waals surface area contributed by atoms with Crippen molar-refractivity contribution in [3.63, 3.8) is 0 Å². The van der Waals surface area contributed by atoms with Crippen LogP contribution in [0, 0.1) is 0 Å². The van der Waals surface area contributed by atoms with Crippen LogP contribution in [-0.4, -0.2) is 31.8 Å². The van der Waals surface area contributed by atoms with Gasteiger partial charge in [-0.15, -0.1) is 15.3 Å². The second-order valence-electron chi connectivity index (χ2n) is 5.43. The predicted octanol–water partition coefficient (Wildman–Crippen LogP) is 2.52. The third-order valence-electron chi connectivity index (χ3n) is 3.66. The molecule has 2 aromatic heterocycles. The Bertz CT molecular complexity index is 974. The van der Waals surface area contributed by atoms with Crippen molar-refractivity contribution in [3.8, 4) is 5.75 Å². The number of hydrogen-bond donors (Lipinski definition) is 2. The Balaban J connectivity index is 1.64. The number of anilines is 3. The van der Waals surface area contributed by atoms with Crippen molar-refractivity contribution in [3.05, 3.63) is 36.2 Å². The van der Waals surface area contributed by atoms with Gasteiger partial charge in [0.15, 0.2) is 17.6 Å². The van der Waals surface area contributed by atoms with Gasteiger partial charge in [-0.1, -0.05) is 0 Å². The van der Waals surface area contributed by atoms with Gasteiger partial charge in [0, 0.05) is 5.69 Å². The van der Waals surface area contributed by atoms with Crippen molar-refractivity contribution in [1.82, 2.24) is 19.8 Å². The number of aromatic nitrogens is 4. The number of nitrogens with zero attached hydrogens (tertiary/aromatic N) is 4. The number of nitrogens with one attached hydrogen (secondary N) is 2. The molecule has 4 rings (SSSR count). The summed E-state index contributed by atoms with van der Waals surface area (Å²) in [5.74, 6) is 0.111. The topological polar surface area (TPSA) is 93.4 Å². The molecule has 0 aliphatic carbocycles. The van der Waals surface area contributed by atoms with Crippen LogP contribution in [0.3, 0.4) is 0 Å². The van der Waals surface area contributed by atoms with Crippen molar-refractivity contribution in [2.75, 3.05) is 10.6 Å². The fourth-order valence-electron chi connectivity index (χ4n) is 2.44. The third-order valence-corrected chi connectivity index (χ3v) is 3.66. The number of amides is 1. The van der Waals surface area contributed by atoms with Crippen molar-refractivity contribution in [1.29, 1.82) is 0 Å². The van der Waals surface area contributed by atoms with Crippen LogP contribution in [0.15, 0.2) is 30.3 Å². The first-order chi connectivity index (χ1) is 12.0. The Hall–Kier alpha value is -3.30. The van der Waals surface area contributed by atoms with Gasteiger partial charge in [0.1, 0.15) is 5.75 Å². The number of carbonyl (C=O) groups is 1. The van der Waals surface area contributed by atoms with Crippen LogP contribution in [0.2, 0.25) is 0 Å². The van der Waals surface area contributed by atoms with Gasteiger partial charge in [0.25, 0.3) is 12.3 Å². The number of benzene rings is 1. The summed E-state index contributed by atoms with van der Waals surface area (Å²) < 4.78 is 32.3. The molecule has 25 heavy (non-hydrogen) atoms. The molecule has 1 atom stereocenters. The predicted molar refractivity (Wildman–Crippen MR) is 84.2 cm³/mol. The smallest absolute Gasteiger partial charge is 0.299 e. The SMILES string of the molecule is CC1Oc2ccc(Nc3ccc4nnc(C(F)F)n4n3)cc2NC1=O. The van der Waals surface area contributed by atoms with Gasteiger partial charge in [0.2, 0.25) is 5.82 Å². The summed E-state index contributed by atoms with van der Waals surface area (Å²) in [5, 5.41) is 16.9. The molecular weight excluding hydrogens is 334 g/mol. The van der Waals surface area contributed by atoms with E-state index in [1.165, 1.54) is 6.07 Å². The fourth-order valence-corrected chi connectivity index (χ4v) is 2.44. The van der Waals surface area contributed by atoms with E-state index >= 15 is 0 Å². The highest BCUT2D eigenvalue weighted by atomic mass is 19.3. The van der Waals surface area contributed by atoms with Crippen molar-refractivity contribution in [2.24, 2.45) is 0 Å². The molecule has 8 nitrogen and oxygen atoms in total. The van der Waals surface area contributed by atoms with E-state index in [0.29, 0.717) is 22.9 Å². The van der Waals surface area contributed by atoms with Crippen LogP contribution >= 0.6 is 0 Å². The molecule has 1 aromatic carbocycles. The number of hydrogen-bond acceptors (Lipinski definition) is 6. The molecule has 0 bridgehead atoms. The number of carbonyl (C=O) groups excluding carboxylic acids is 1. The number of fused-ring (bicyclic) bond motifs is 2. The zero-order valence-corrected chi connectivity index (χ0v) is 12.9. The van der Waals surface area contributed by atoms with Gasteiger partial charge in [-0.05, 0) is 37.3 Å². The minimum absolute atomic E-state index is 0.223. The number of halogens is 2. The van der Waals surface area contributed by atoms with Crippen LogP contribution in [-0.2, 0) is 4.79 Å². The third kappa shape index (κ3) is 2.71. The Morgan fingerprint density at radius 2 is 2.12 bits per heavy atom. The van der Waals surface area contributed by atoms with Crippen molar-refractivity contribution >= 4 is 28.7 Å². The fraction of sp³-hybridized carbons (Fsp3) is 0.200. The summed E-state index contributed by atoms with van der Waals surface area (Å²) in [7, 11) is 0. The zero-order valence-electron chi connectivity index (χ0n) is 12.9. The Morgan fingerprint density at radius 1 is 1.28 bits per heavy atom. The maximum atomic E-state index is 12.9. The van der Waals surface area contributed by atoms with Gasteiger partial charge < -0.3 is 15.4 Å². The first-order valence-electron chi connectivity index (χ1n) is 7.40. The molecule has 3 aromatic rings. The second kappa shape index (κ2) is 5.65. The van der Waals surface area contributed by atoms with E-state index in [0.717, 1.165) is 4.52 Å². The minimum Gasteiger partial charge on any atom is -0.479 e. The lowest BCUT2D eigenvalue weighted by Crippen LogP contribution is -2.34. The molecule has 3 heterocycles. The van der Waals surface area contributed by atoms with Gasteiger partial charge in [-0.3, -0.25) is 4.79 Å². The van der Waals surface area contributed by atoms with Gasteiger partial charge in [-0.25, -0.2) is 8.78 Å². The highest BCUT2D eigenvalue weighted by molar-refractivity contribution is 5.98. The van der Waals surface area contributed by atoms with Crippen LogP contribution in [0.1, 0.15) is 19.2 Å². The van der Waals surface area contributed by atoms with Crippen molar-refractivity contribution in [2.45, 2.75) is 19.5 Å². The van der Waals surface area contributed by atoms with E-state index < -0.39 is 18.4 Å². The average Bonchev–Trinajstić information content (AvgIpc) is 2.99. The largest absolute Gasteiger partial charge is 0.479 e. The molecule has 1 aliphatic rings. The maximum absolute atomic E-state index is 12.9. The molecule has 0 spiro atoms. The van der Waals surface area contributed by atoms with Gasteiger partial charge in [-0.2, -0.15) is 4.52 Å². The summed E-state index contributed by atoms with van der Waals surface area (Å²) >= 11 is 0. The summed E-state index contributed by atoms with van der Waals surface area (Å²) in [6.07, 6.45) is -3.34. The van der Waals surface area contributed by atoms with Crippen LogP contribution < -0.4 is 15.4 Å². The van der Waals surface area contributed by atoms with E-state index in [-0.39, 0.29) is 11.6 Å². The summed E-state index contributed by atoms with van der Waals surface area (Å²) in [6.45, 7) is 1.66. The lowest BCUT2D eigenvalue weighted by Gasteiger charge is -2.23. The van der Waals surface area contributed by atoms with Gasteiger partial charge in [0.05, 0.1) is 5.69 Å². The van der Waals surface area contributed by atoms with Crippen LogP contribution in [0.25, 0.3) is 5.65 Å². The molecule has 128 valence electrons. The monoisotopic (exact) mass is 346 g/mol. The van der Waals surface area contributed by atoms with E-state index in [2.05, 4.69) is 25.9 Å². The van der Waals surface area contributed by atoms with E-state index in [4.69, 9.17) is 4.74 Å². The van der Waals surface area contributed by atoms with Gasteiger partial charge >= 0.3 is 0 Å². The molecular formula is C15H12F2N6O2. The lowest BCUT2D eigenvalue weighted by atomic mass is 10.2. The van der Waals surface area contributed by atoms with E-state index in [9.17, 15) is 13.6 Å². The summed E-state index contributed by atoms with van der Waals surface area (Å²) in [6, 6.07) is 8.23. The first-order valence-corrected chi connectivity index (χ1v) is 7.40. The van der Waals surface area contributed by atoms with Crippen LogP contribution in [0.5, 0.6) is 5.75 Å². The quantitative estimate of drug-likeness (QED) is 0.757. The van der Waals surface area contributed by atoms with Crippen LogP contribution in [0.4, 0.5) is 26.0 Å². The first kappa shape index (κ1) is 15.2. The average molecular weight is 346 g/mol. The van der Waals surface area contributed by atoms with E-state index in [1.54, 1.807) is 31.2 Å². The number of rotatable bonds is 3. The number of ether oxygens (including phenoxy) is 1. The Morgan fingerprint density at radius 3 is 2.92 bits per heavy atom. The Labute approximate surface area is 139 Å². The molecule has 10 heteroatoms. The summed E-state index contributed by atoms with van der Waals surface area (Å²) in [4.78, 5) is 11.7. The lowest BCUT2D eigenvalue weighted by molar-refractivity contribution is -0.122. The summed E-state index contributed by atoms with van der Waals surface area (Å²) in [5.41, 5.74) is 1.35. The number of alkyl halides is 2. The standard InChI is InChI=1S/C15H12F2N6O2/c1-7-15(24)19-9-6-8(2-3-10(9)25-7)18-11-4-5-12-20-21-14(13(16)17)23(12)22-11/h2-7,13H,1H3,(H,18,22)(H,19,24).